The predicted octanol–water partition coefficient (Wildman–Crippen LogP) is 3.82. The first-order valence-electron chi connectivity index (χ1n) is 9.83. The second-order valence-corrected chi connectivity index (χ2v) is 9.71. The summed E-state index contributed by atoms with van der Waals surface area (Å²) in [5, 5.41) is 0. The second kappa shape index (κ2) is 10.4. The Morgan fingerprint density at radius 1 is 0.966 bits per heavy atom. The molecule has 2 aromatic carbocycles. The second-order valence-electron chi connectivity index (χ2n) is 7.77. The van der Waals surface area contributed by atoms with Gasteiger partial charge in [0.15, 0.2) is 0 Å². The molecule has 7 heteroatoms. The molecule has 5 nitrogen and oxygen atoms in total. The molecule has 3 rings (SSSR count). The minimum Gasteiger partial charge on any atom is -0.497 e. The molecule has 0 aliphatic carbocycles. The van der Waals surface area contributed by atoms with Crippen LogP contribution in [-0.4, -0.2) is 50.9 Å². The number of benzene rings is 2. The van der Waals surface area contributed by atoms with Crippen LogP contribution in [0, 0.1) is 5.92 Å². The maximum atomic E-state index is 13.0. The van der Waals surface area contributed by atoms with Crippen molar-refractivity contribution in [2.24, 2.45) is 5.92 Å². The highest BCUT2D eigenvalue weighted by atomic mass is 35.5. The van der Waals surface area contributed by atoms with Crippen LogP contribution in [0.1, 0.15) is 25.0 Å². The summed E-state index contributed by atoms with van der Waals surface area (Å²) in [6.45, 7) is 7.60. The van der Waals surface area contributed by atoms with E-state index in [0.717, 1.165) is 31.8 Å². The van der Waals surface area contributed by atoms with Gasteiger partial charge in [0, 0.05) is 32.7 Å². The average Bonchev–Trinajstić information content (AvgIpc) is 2.68. The van der Waals surface area contributed by atoms with Crippen molar-refractivity contribution in [2.45, 2.75) is 31.7 Å². The van der Waals surface area contributed by atoms with Crippen LogP contribution < -0.4 is 4.74 Å². The lowest BCUT2D eigenvalue weighted by molar-refractivity contribution is 0.181. The van der Waals surface area contributed by atoms with Crippen molar-refractivity contribution in [3.63, 3.8) is 0 Å². The largest absolute Gasteiger partial charge is 0.497 e. The van der Waals surface area contributed by atoms with Gasteiger partial charge in [-0.3, -0.25) is 4.90 Å². The van der Waals surface area contributed by atoms with E-state index in [-0.39, 0.29) is 12.4 Å². The molecule has 1 aliphatic rings. The Labute approximate surface area is 181 Å². The van der Waals surface area contributed by atoms with E-state index in [1.54, 1.807) is 23.5 Å². The van der Waals surface area contributed by atoms with Gasteiger partial charge in [-0.1, -0.05) is 38.1 Å². The van der Waals surface area contributed by atoms with Gasteiger partial charge in [-0.25, -0.2) is 8.42 Å². The lowest BCUT2D eigenvalue weighted by Crippen LogP contribution is -2.48. The quantitative estimate of drug-likeness (QED) is 0.659. The first kappa shape index (κ1) is 23.7. The molecular formula is C22H31ClN2O3S. The third-order valence-electron chi connectivity index (χ3n) is 5.08. The van der Waals surface area contributed by atoms with Crippen molar-refractivity contribution in [3.05, 3.63) is 59.7 Å². The van der Waals surface area contributed by atoms with Crippen molar-refractivity contribution in [2.75, 3.05) is 33.3 Å². The van der Waals surface area contributed by atoms with Crippen LogP contribution in [0.3, 0.4) is 0 Å². The number of ether oxygens (including phenoxy) is 1. The molecule has 0 unspecified atom stereocenters. The van der Waals surface area contributed by atoms with Gasteiger partial charge in [-0.05, 0) is 47.7 Å². The van der Waals surface area contributed by atoms with Gasteiger partial charge in [-0.2, -0.15) is 4.31 Å². The molecule has 2 aromatic rings. The number of halogens is 1. The van der Waals surface area contributed by atoms with Gasteiger partial charge in [0.2, 0.25) is 10.0 Å². The Morgan fingerprint density at radius 2 is 1.62 bits per heavy atom. The molecule has 1 heterocycles. The average molecular weight is 439 g/mol. The van der Waals surface area contributed by atoms with Crippen LogP contribution in [0.2, 0.25) is 0 Å². The fourth-order valence-electron chi connectivity index (χ4n) is 3.57. The van der Waals surface area contributed by atoms with E-state index < -0.39 is 10.0 Å². The first-order chi connectivity index (χ1) is 13.4. The van der Waals surface area contributed by atoms with E-state index in [0.29, 0.717) is 23.9 Å². The van der Waals surface area contributed by atoms with Gasteiger partial charge in [0.05, 0.1) is 12.0 Å². The van der Waals surface area contributed by atoms with Crippen LogP contribution in [0.15, 0.2) is 53.4 Å². The molecular weight excluding hydrogens is 408 g/mol. The van der Waals surface area contributed by atoms with Crippen LogP contribution in [-0.2, 0) is 23.0 Å². The van der Waals surface area contributed by atoms with Crippen molar-refractivity contribution in [1.82, 2.24) is 9.21 Å². The summed E-state index contributed by atoms with van der Waals surface area (Å²) in [5.74, 6) is 1.40. The summed E-state index contributed by atoms with van der Waals surface area (Å²) in [7, 11) is -1.76. The summed E-state index contributed by atoms with van der Waals surface area (Å²) in [6, 6.07) is 15.4. The molecule has 1 fully saturated rings. The number of piperazine rings is 1. The lowest BCUT2D eigenvalue weighted by Gasteiger charge is -2.34. The standard InChI is InChI=1S/C22H30N2O3S.ClH/c1-18(2)15-19-7-9-22(10-8-19)28(25,26)24-13-11-23(12-14-24)17-20-5-4-6-21(16-20)27-3;/h4-10,16,18H,11-15,17H2,1-3H3;1H. The molecule has 0 N–H and O–H groups in total. The van der Waals surface area contributed by atoms with Crippen LogP contribution in [0.25, 0.3) is 0 Å². The third-order valence-corrected chi connectivity index (χ3v) is 6.99. The van der Waals surface area contributed by atoms with E-state index in [2.05, 4.69) is 24.8 Å². The molecule has 0 amide bonds. The minimum absolute atomic E-state index is 0. The number of hydrogen-bond acceptors (Lipinski definition) is 4. The fourth-order valence-corrected chi connectivity index (χ4v) is 5.00. The van der Waals surface area contributed by atoms with Crippen molar-refractivity contribution >= 4 is 22.4 Å². The van der Waals surface area contributed by atoms with Crippen molar-refractivity contribution < 1.29 is 13.2 Å². The molecule has 0 saturated carbocycles. The van der Waals surface area contributed by atoms with Crippen LogP contribution >= 0.6 is 12.4 Å². The van der Waals surface area contributed by atoms with E-state index in [1.165, 1.54) is 11.1 Å². The van der Waals surface area contributed by atoms with Gasteiger partial charge in [0.25, 0.3) is 0 Å². The zero-order valence-corrected chi connectivity index (χ0v) is 19.0. The molecule has 0 spiro atoms. The highest BCUT2D eigenvalue weighted by molar-refractivity contribution is 7.89. The number of sulfonamides is 1. The lowest BCUT2D eigenvalue weighted by atomic mass is 10.0. The Bertz CT molecular complexity index is 877. The fraction of sp³-hybridized carbons (Fsp3) is 0.455. The summed E-state index contributed by atoms with van der Waals surface area (Å²) < 4.78 is 32.8. The SMILES string of the molecule is COc1cccc(CN2CCN(S(=O)(=O)c3ccc(CC(C)C)cc3)CC2)c1.Cl. The van der Waals surface area contributed by atoms with Gasteiger partial charge >= 0.3 is 0 Å². The van der Waals surface area contributed by atoms with E-state index in [9.17, 15) is 8.42 Å². The Balaban J connectivity index is 0.00000300. The summed E-state index contributed by atoms with van der Waals surface area (Å²) in [6.07, 6.45) is 0.962. The van der Waals surface area contributed by atoms with Crippen LogP contribution in [0.4, 0.5) is 0 Å². The van der Waals surface area contributed by atoms with Crippen LogP contribution in [0.5, 0.6) is 5.75 Å². The zero-order valence-electron chi connectivity index (χ0n) is 17.4. The van der Waals surface area contributed by atoms with E-state index in [1.807, 2.05) is 30.3 Å². The molecule has 1 saturated heterocycles. The molecule has 0 radical (unpaired) electrons. The molecule has 0 atom stereocenters. The maximum Gasteiger partial charge on any atom is 0.243 e. The Morgan fingerprint density at radius 3 is 2.21 bits per heavy atom. The highest BCUT2D eigenvalue weighted by Crippen LogP contribution is 2.21. The zero-order chi connectivity index (χ0) is 20.1. The smallest absolute Gasteiger partial charge is 0.243 e. The minimum atomic E-state index is -3.43. The molecule has 0 bridgehead atoms. The third kappa shape index (κ3) is 6.19. The Hall–Kier alpha value is -1.60. The van der Waals surface area contributed by atoms with Gasteiger partial charge in [0.1, 0.15) is 5.75 Å². The van der Waals surface area contributed by atoms with Crippen molar-refractivity contribution in [3.8, 4) is 5.75 Å². The first-order valence-corrected chi connectivity index (χ1v) is 11.3. The number of rotatable bonds is 7. The highest BCUT2D eigenvalue weighted by Gasteiger charge is 2.28. The van der Waals surface area contributed by atoms with E-state index >= 15 is 0 Å². The monoisotopic (exact) mass is 438 g/mol. The Kier molecular flexibility index (Phi) is 8.52. The maximum absolute atomic E-state index is 13.0. The van der Waals surface area contributed by atoms with Gasteiger partial charge in [-0.15, -0.1) is 12.4 Å². The number of methoxy groups -OCH3 is 1. The molecule has 29 heavy (non-hydrogen) atoms. The normalized spacial score (nSPS) is 15.9. The van der Waals surface area contributed by atoms with Gasteiger partial charge < -0.3 is 4.74 Å². The number of hydrogen-bond donors (Lipinski definition) is 0. The van der Waals surface area contributed by atoms with Crippen molar-refractivity contribution in [1.29, 1.82) is 0 Å². The topological polar surface area (TPSA) is 49.9 Å². The molecule has 0 aromatic heterocycles. The molecule has 160 valence electrons. The summed E-state index contributed by atoms with van der Waals surface area (Å²) in [5.41, 5.74) is 2.36. The number of nitrogens with zero attached hydrogens (tertiary/aromatic N) is 2. The summed E-state index contributed by atoms with van der Waals surface area (Å²) in [4.78, 5) is 2.67. The molecule has 1 aliphatic heterocycles. The van der Waals surface area contributed by atoms with E-state index in [4.69, 9.17) is 4.74 Å². The predicted molar refractivity (Wildman–Crippen MR) is 119 cm³/mol. The summed E-state index contributed by atoms with van der Waals surface area (Å²) >= 11 is 0.